The minimum Gasteiger partial charge on any atom is -0.497 e. The molecule has 1 amide bonds. The Kier molecular flexibility index (Phi) is 4.50. The monoisotopic (exact) mass is 346 g/mol. The predicted octanol–water partition coefficient (Wildman–Crippen LogP) is 3.51. The minimum atomic E-state index is -0.351. The Balaban J connectivity index is 1.78. The van der Waals surface area contributed by atoms with Crippen molar-refractivity contribution in [1.29, 1.82) is 0 Å². The molecule has 3 rings (SSSR count). The molecule has 0 saturated carbocycles. The number of halogens is 1. The van der Waals surface area contributed by atoms with Crippen LogP contribution in [0.2, 0.25) is 5.02 Å². The van der Waals surface area contributed by atoms with Crippen LogP contribution in [0.15, 0.2) is 42.0 Å². The fourth-order valence-corrected chi connectivity index (χ4v) is 2.76. The van der Waals surface area contributed by atoms with Gasteiger partial charge in [-0.3, -0.25) is 4.79 Å². The molecule has 0 aliphatic rings. The molecule has 0 spiro atoms. The zero-order valence-corrected chi connectivity index (χ0v) is 13.6. The van der Waals surface area contributed by atoms with Crippen molar-refractivity contribution in [1.82, 2.24) is 15.0 Å². The number of methoxy groups -OCH3 is 1. The second-order valence-corrected chi connectivity index (χ2v) is 5.68. The topological polar surface area (TPSA) is 77.0 Å². The van der Waals surface area contributed by atoms with Gasteiger partial charge in [-0.2, -0.15) is 0 Å². The fourth-order valence-electron chi connectivity index (χ4n) is 1.80. The molecule has 0 unspecified atom stereocenters. The van der Waals surface area contributed by atoms with Gasteiger partial charge in [-0.05, 0) is 18.2 Å². The number of nitrogens with zero attached hydrogens (tertiary/aromatic N) is 3. The summed E-state index contributed by atoms with van der Waals surface area (Å²) in [4.78, 5) is 24.7. The van der Waals surface area contributed by atoms with Crippen LogP contribution >= 0.6 is 22.9 Å². The van der Waals surface area contributed by atoms with Crippen LogP contribution < -0.4 is 10.1 Å². The molecule has 1 aromatic carbocycles. The second kappa shape index (κ2) is 6.72. The zero-order chi connectivity index (χ0) is 16.2. The summed E-state index contributed by atoms with van der Waals surface area (Å²) in [6.45, 7) is 0. The molecule has 3 aromatic rings. The summed E-state index contributed by atoms with van der Waals surface area (Å²) in [5, 5.41) is 5.34. The zero-order valence-electron chi connectivity index (χ0n) is 12.0. The number of rotatable bonds is 4. The lowest BCUT2D eigenvalue weighted by Gasteiger charge is -2.07. The second-order valence-electron chi connectivity index (χ2n) is 4.41. The quantitative estimate of drug-likeness (QED) is 0.782. The van der Waals surface area contributed by atoms with Gasteiger partial charge in [0, 0.05) is 23.8 Å². The van der Waals surface area contributed by atoms with E-state index in [9.17, 15) is 4.79 Å². The van der Waals surface area contributed by atoms with E-state index in [1.54, 1.807) is 49.1 Å². The van der Waals surface area contributed by atoms with Gasteiger partial charge < -0.3 is 10.1 Å². The first kappa shape index (κ1) is 15.4. The molecule has 8 heteroatoms. The third kappa shape index (κ3) is 3.46. The van der Waals surface area contributed by atoms with Gasteiger partial charge in [0.15, 0.2) is 10.8 Å². The Labute approximate surface area is 141 Å². The van der Waals surface area contributed by atoms with Crippen molar-refractivity contribution in [3.05, 3.63) is 52.8 Å². The number of anilines is 1. The number of hydrogen-bond acceptors (Lipinski definition) is 6. The SMILES string of the molecule is COc1ccc(NC(=O)c2csc(-c3ncccn3)n2)c(Cl)c1. The van der Waals surface area contributed by atoms with Gasteiger partial charge in [0.05, 0.1) is 17.8 Å². The molecular formula is C15H11ClN4O2S. The standard InChI is InChI=1S/C15H11ClN4O2S/c1-22-9-3-4-11(10(16)7-9)19-14(21)12-8-23-15(20-12)13-17-5-2-6-18-13/h2-8H,1H3,(H,19,21). The summed E-state index contributed by atoms with van der Waals surface area (Å²) >= 11 is 7.41. The first-order valence-electron chi connectivity index (χ1n) is 6.55. The molecule has 0 saturated heterocycles. The molecule has 0 radical (unpaired) electrons. The van der Waals surface area contributed by atoms with Gasteiger partial charge in [-0.25, -0.2) is 15.0 Å². The van der Waals surface area contributed by atoms with E-state index in [1.165, 1.54) is 11.3 Å². The first-order chi connectivity index (χ1) is 11.2. The molecule has 116 valence electrons. The van der Waals surface area contributed by atoms with Crippen molar-refractivity contribution in [2.75, 3.05) is 12.4 Å². The molecule has 0 aliphatic heterocycles. The molecule has 0 bridgehead atoms. The molecular weight excluding hydrogens is 336 g/mol. The van der Waals surface area contributed by atoms with Crippen LogP contribution in [0.5, 0.6) is 5.75 Å². The molecule has 6 nitrogen and oxygen atoms in total. The van der Waals surface area contributed by atoms with Gasteiger partial charge in [0.1, 0.15) is 11.4 Å². The summed E-state index contributed by atoms with van der Waals surface area (Å²) in [5.41, 5.74) is 0.771. The highest BCUT2D eigenvalue weighted by Crippen LogP contribution is 2.27. The summed E-state index contributed by atoms with van der Waals surface area (Å²) in [6, 6.07) is 6.73. The van der Waals surface area contributed by atoms with Crippen LogP contribution in [0.1, 0.15) is 10.5 Å². The number of thiazole rings is 1. The largest absolute Gasteiger partial charge is 0.497 e. The molecule has 0 atom stereocenters. The van der Waals surface area contributed by atoms with Crippen LogP contribution in [-0.2, 0) is 0 Å². The summed E-state index contributed by atoms with van der Waals surface area (Å²) < 4.78 is 5.07. The number of carbonyl (C=O) groups excluding carboxylic acids is 1. The summed E-state index contributed by atoms with van der Waals surface area (Å²) in [7, 11) is 1.55. The first-order valence-corrected chi connectivity index (χ1v) is 7.81. The normalized spacial score (nSPS) is 10.3. The maximum atomic E-state index is 12.3. The van der Waals surface area contributed by atoms with Crippen molar-refractivity contribution < 1.29 is 9.53 Å². The lowest BCUT2D eigenvalue weighted by molar-refractivity contribution is 0.102. The van der Waals surface area contributed by atoms with E-state index in [2.05, 4.69) is 20.3 Å². The van der Waals surface area contributed by atoms with Crippen molar-refractivity contribution in [2.24, 2.45) is 0 Å². The van der Waals surface area contributed by atoms with Crippen LogP contribution in [0.3, 0.4) is 0 Å². The van der Waals surface area contributed by atoms with Gasteiger partial charge in [0.25, 0.3) is 5.91 Å². The van der Waals surface area contributed by atoms with Crippen LogP contribution in [0.25, 0.3) is 10.8 Å². The van der Waals surface area contributed by atoms with Crippen LogP contribution in [0.4, 0.5) is 5.69 Å². The number of nitrogens with one attached hydrogen (secondary N) is 1. The average Bonchev–Trinajstić information content (AvgIpc) is 3.07. The highest BCUT2D eigenvalue weighted by atomic mass is 35.5. The Bertz CT molecular complexity index is 839. The molecule has 0 fully saturated rings. The van der Waals surface area contributed by atoms with Gasteiger partial charge in [-0.1, -0.05) is 11.6 Å². The van der Waals surface area contributed by atoms with E-state index in [0.29, 0.717) is 27.3 Å². The number of hydrogen-bond donors (Lipinski definition) is 1. The predicted molar refractivity (Wildman–Crippen MR) is 89.1 cm³/mol. The molecule has 0 aliphatic carbocycles. The Hall–Kier alpha value is -2.51. The highest BCUT2D eigenvalue weighted by Gasteiger charge is 2.14. The average molecular weight is 347 g/mol. The number of benzene rings is 1. The van der Waals surface area contributed by atoms with Gasteiger partial charge in [0.2, 0.25) is 0 Å². The van der Waals surface area contributed by atoms with Crippen molar-refractivity contribution in [2.45, 2.75) is 0 Å². The molecule has 1 N–H and O–H groups in total. The maximum Gasteiger partial charge on any atom is 0.275 e. The smallest absolute Gasteiger partial charge is 0.275 e. The van der Waals surface area contributed by atoms with E-state index in [-0.39, 0.29) is 11.6 Å². The Morgan fingerprint density at radius 3 is 2.78 bits per heavy atom. The number of amides is 1. The fraction of sp³-hybridized carbons (Fsp3) is 0.0667. The third-order valence-corrected chi connectivity index (χ3v) is 4.07. The third-order valence-electron chi connectivity index (χ3n) is 2.92. The lowest BCUT2D eigenvalue weighted by Crippen LogP contribution is -2.12. The van der Waals surface area contributed by atoms with Crippen LogP contribution in [0, 0.1) is 0 Å². The lowest BCUT2D eigenvalue weighted by atomic mass is 10.3. The Morgan fingerprint density at radius 1 is 1.30 bits per heavy atom. The van der Waals surface area contributed by atoms with Gasteiger partial charge >= 0.3 is 0 Å². The van der Waals surface area contributed by atoms with Gasteiger partial charge in [-0.15, -0.1) is 11.3 Å². The summed E-state index contributed by atoms with van der Waals surface area (Å²) in [6.07, 6.45) is 3.25. The minimum absolute atomic E-state index is 0.282. The summed E-state index contributed by atoms with van der Waals surface area (Å²) in [5.74, 6) is 0.750. The van der Waals surface area contributed by atoms with E-state index in [4.69, 9.17) is 16.3 Å². The Morgan fingerprint density at radius 2 is 2.09 bits per heavy atom. The van der Waals surface area contributed by atoms with Crippen LogP contribution in [-0.4, -0.2) is 28.0 Å². The molecule has 23 heavy (non-hydrogen) atoms. The highest BCUT2D eigenvalue weighted by molar-refractivity contribution is 7.13. The van der Waals surface area contributed by atoms with Crippen molar-refractivity contribution in [3.63, 3.8) is 0 Å². The van der Waals surface area contributed by atoms with Crippen molar-refractivity contribution in [3.8, 4) is 16.6 Å². The number of ether oxygens (including phenoxy) is 1. The molecule has 2 aromatic heterocycles. The van der Waals surface area contributed by atoms with E-state index in [1.807, 2.05) is 0 Å². The van der Waals surface area contributed by atoms with Crippen molar-refractivity contribution >= 4 is 34.5 Å². The molecule has 2 heterocycles. The maximum absolute atomic E-state index is 12.3. The number of aromatic nitrogens is 3. The number of carbonyl (C=O) groups is 1. The van der Waals surface area contributed by atoms with E-state index >= 15 is 0 Å². The van der Waals surface area contributed by atoms with E-state index < -0.39 is 0 Å². The van der Waals surface area contributed by atoms with E-state index in [0.717, 1.165) is 0 Å².